The quantitative estimate of drug-likeness (QED) is 0.894. The van der Waals surface area contributed by atoms with Gasteiger partial charge in [-0.2, -0.15) is 5.21 Å². The molecular formula is C15H26N4O2. The molecule has 1 aromatic heterocycles. The molecule has 1 spiro atoms. The SMILES string of the molecule is CC(C)C(=O)O.CC1CCC2(C1)CC(Cc1nn[nH]n1)C2. The van der Waals surface area contributed by atoms with Gasteiger partial charge in [-0.25, -0.2) is 0 Å². The van der Waals surface area contributed by atoms with Gasteiger partial charge in [0.1, 0.15) is 0 Å². The van der Waals surface area contributed by atoms with Gasteiger partial charge in [0.25, 0.3) is 0 Å². The van der Waals surface area contributed by atoms with Gasteiger partial charge in [-0.1, -0.05) is 32.4 Å². The second kappa shape index (κ2) is 6.54. The Bertz CT molecular complexity index is 452. The predicted octanol–water partition coefficient (Wildman–Crippen LogP) is 2.69. The highest BCUT2D eigenvalue weighted by Crippen LogP contribution is 2.58. The lowest BCUT2D eigenvalue weighted by atomic mass is 9.60. The van der Waals surface area contributed by atoms with E-state index in [4.69, 9.17) is 5.11 Å². The van der Waals surface area contributed by atoms with Gasteiger partial charge in [0.05, 0.1) is 5.92 Å². The fraction of sp³-hybridized carbons (Fsp3) is 0.867. The number of aromatic amines is 1. The summed E-state index contributed by atoms with van der Waals surface area (Å²) in [7, 11) is 0. The van der Waals surface area contributed by atoms with Gasteiger partial charge in [0.15, 0.2) is 5.82 Å². The Morgan fingerprint density at radius 2 is 2.10 bits per heavy atom. The average molecular weight is 294 g/mol. The molecule has 0 bridgehead atoms. The summed E-state index contributed by atoms with van der Waals surface area (Å²) in [5.74, 6) is 1.69. The maximum atomic E-state index is 9.70. The lowest BCUT2D eigenvalue weighted by Crippen LogP contribution is -2.36. The first-order valence-electron chi connectivity index (χ1n) is 7.85. The van der Waals surface area contributed by atoms with Crippen LogP contribution in [0.4, 0.5) is 0 Å². The number of nitrogens with zero attached hydrogens (tertiary/aromatic N) is 3. The highest BCUT2D eigenvalue weighted by atomic mass is 16.4. The summed E-state index contributed by atoms with van der Waals surface area (Å²) in [4.78, 5) is 9.70. The molecule has 2 fully saturated rings. The standard InChI is InChI=1S/C11H18N4.C4H8O2/c1-8-2-3-11(5-8)6-9(7-11)4-10-12-14-15-13-10;1-3(2)4(5)6/h8-9H,2-7H2,1H3,(H,12,13,14,15);3H,1-2H3,(H,5,6). The predicted molar refractivity (Wildman–Crippen MR) is 78.5 cm³/mol. The molecule has 1 aromatic rings. The van der Waals surface area contributed by atoms with Crippen molar-refractivity contribution in [3.8, 4) is 0 Å². The largest absolute Gasteiger partial charge is 0.481 e. The maximum absolute atomic E-state index is 9.70. The molecule has 2 saturated carbocycles. The van der Waals surface area contributed by atoms with E-state index in [1.54, 1.807) is 13.8 Å². The third-order valence-electron chi connectivity index (χ3n) is 4.75. The Morgan fingerprint density at radius 3 is 2.52 bits per heavy atom. The van der Waals surface area contributed by atoms with Gasteiger partial charge < -0.3 is 5.11 Å². The van der Waals surface area contributed by atoms with E-state index in [-0.39, 0.29) is 5.92 Å². The lowest BCUT2D eigenvalue weighted by Gasteiger charge is -2.45. The van der Waals surface area contributed by atoms with Crippen LogP contribution in [0.1, 0.15) is 58.7 Å². The number of rotatable bonds is 3. The van der Waals surface area contributed by atoms with Crippen LogP contribution in [0.25, 0.3) is 0 Å². The Hall–Kier alpha value is -1.46. The molecule has 1 heterocycles. The van der Waals surface area contributed by atoms with Crippen molar-refractivity contribution in [2.45, 2.75) is 59.3 Å². The molecule has 0 radical (unpaired) electrons. The molecule has 118 valence electrons. The van der Waals surface area contributed by atoms with E-state index in [1.807, 2.05) is 0 Å². The van der Waals surface area contributed by atoms with Crippen LogP contribution in [0.5, 0.6) is 0 Å². The number of carboxylic acids is 1. The lowest BCUT2D eigenvalue weighted by molar-refractivity contribution is -0.140. The average Bonchev–Trinajstić information content (AvgIpc) is 2.99. The van der Waals surface area contributed by atoms with Crippen molar-refractivity contribution in [1.29, 1.82) is 0 Å². The second-order valence-electron chi connectivity index (χ2n) is 7.15. The first-order valence-corrected chi connectivity index (χ1v) is 7.85. The molecular weight excluding hydrogens is 268 g/mol. The second-order valence-corrected chi connectivity index (χ2v) is 7.15. The van der Waals surface area contributed by atoms with E-state index in [2.05, 4.69) is 27.5 Å². The van der Waals surface area contributed by atoms with Crippen LogP contribution in [0.15, 0.2) is 0 Å². The summed E-state index contributed by atoms with van der Waals surface area (Å²) in [6, 6.07) is 0. The Kier molecular flexibility index (Phi) is 4.96. The molecule has 6 heteroatoms. The highest BCUT2D eigenvalue weighted by molar-refractivity contribution is 5.68. The highest BCUT2D eigenvalue weighted by Gasteiger charge is 2.47. The van der Waals surface area contributed by atoms with Crippen molar-refractivity contribution in [2.24, 2.45) is 23.2 Å². The van der Waals surface area contributed by atoms with E-state index in [1.165, 1.54) is 32.1 Å². The van der Waals surface area contributed by atoms with Crippen LogP contribution in [-0.2, 0) is 11.2 Å². The van der Waals surface area contributed by atoms with Crippen LogP contribution in [0.3, 0.4) is 0 Å². The van der Waals surface area contributed by atoms with Gasteiger partial charge in [0.2, 0.25) is 0 Å². The van der Waals surface area contributed by atoms with Gasteiger partial charge in [-0.3, -0.25) is 4.79 Å². The fourth-order valence-corrected chi connectivity index (χ4v) is 3.70. The van der Waals surface area contributed by atoms with Crippen LogP contribution < -0.4 is 0 Å². The van der Waals surface area contributed by atoms with Crippen molar-refractivity contribution in [3.63, 3.8) is 0 Å². The van der Waals surface area contributed by atoms with E-state index >= 15 is 0 Å². The number of nitrogens with one attached hydrogen (secondary N) is 1. The summed E-state index contributed by atoms with van der Waals surface area (Å²) >= 11 is 0. The summed E-state index contributed by atoms with van der Waals surface area (Å²) in [5.41, 5.74) is 0.716. The molecule has 3 rings (SSSR count). The van der Waals surface area contributed by atoms with Crippen LogP contribution in [-0.4, -0.2) is 31.7 Å². The molecule has 21 heavy (non-hydrogen) atoms. The Morgan fingerprint density at radius 1 is 1.43 bits per heavy atom. The number of hydrogen-bond acceptors (Lipinski definition) is 4. The Labute approximate surface area is 125 Å². The first kappa shape index (κ1) is 15.9. The molecule has 1 unspecified atom stereocenters. The molecule has 1 atom stereocenters. The third kappa shape index (κ3) is 4.25. The monoisotopic (exact) mass is 294 g/mol. The van der Waals surface area contributed by atoms with Gasteiger partial charge in [0, 0.05) is 6.42 Å². The summed E-state index contributed by atoms with van der Waals surface area (Å²) in [5, 5.41) is 22.2. The number of tetrazole rings is 1. The number of H-pyrrole nitrogens is 1. The maximum Gasteiger partial charge on any atom is 0.305 e. The molecule has 0 aliphatic heterocycles. The van der Waals surface area contributed by atoms with E-state index in [0.717, 1.165) is 24.1 Å². The zero-order valence-corrected chi connectivity index (χ0v) is 13.2. The van der Waals surface area contributed by atoms with E-state index in [9.17, 15) is 4.79 Å². The topological polar surface area (TPSA) is 91.8 Å². The van der Waals surface area contributed by atoms with Crippen LogP contribution in [0.2, 0.25) is 0 Å². The third-order valence-corrected chi connectivity index (χ3v) is 4.75. The molecule has 0 saturated heterocycles. The fourth-order valence-electron chi connectivity index (χ4n) is 3.70. The van der Waals surface area contributed by atoms with Crippen LogP contribution in [0, 0.1) is 23.2 Å². The van der Waals surface area contributed by atoms with E-state index in [0.29, 0.717) is 5.41 Å². The number of aliphatic carboxylic acids is 1. The zero-order valence-electron chi connectivity index (χ0n) is 13.2. The smallest absolute Gasteiger partial charge is 0.305 e. The molecule has 0 aromatic carbocycles. The van der Waals surface area contributed by atoms with Crippen molar-refractivity contribution in [2.75, 3.05) is 0 Å². The van der Waals surface area contributed by atoms with Crippen molar-refractivity contribution in [3.05, 3.63) is 5.82 Å². The van der Waals surface area contributed by atoms with Gasteiger partial charge in [-0.15, -0.1) is 10.2 Å². The normalized spacial score (nSPS) is 30.9. The molecule has 2 aliphatic carbocycles. The molecule has 2 N–H and O–H groups in total. The van der Waals surface area contributed by atoms with Crippen molar-refractivity contribution in [1.82, 2.24) is 20.6 Å². The minimum Gasteiger partial charge on any atom is -0.481 e. The minimum atomic E-state index is -0.741. The van der Waals surface area contributed by atoms with Gasteiger partial charge in [-0.05, 0) is 42.9 Å². The zero-order chi connectivity index (χ0) is 15.5. The minimum absolute atomic E-state index is 0.231. The Balaban J connectivity index is 0.000000232. The van der Waals surface area contributed by atoms with Gasteiger partial charge >= 0.3 is 5.97 Å². The van der Waals surface area contributed by atoms with Crippen molar-refractivity contribution < 1.29 is 9.90 Å². The summed E-state index contributed by atoms with van der Waals surface area (Å²) < 4.78 is 0. The number of aromatic nitrogens is 4. The summed E-state index contributed by atoms with van der Waals surface area (Å²) in [6.45, 7) is 5.67. The number of hydrogen-bond donors (Lipinski definition) is 2. The summed E-state index contributed by atoms with van der Waals surface area (Å²) in [6.07, 6.45) is 8.16. The number of carboxylic acid groups (broad SMARTS) is 1. The van der Waals surface area contributed by atoms with Crippen molar-refractivity contribution >= 4 is 5.97 Å². The number of carbonyl (C=O) groups is 1. The van der Waals surface area contributed by atoms with E-state index < -0.39 is 5.97 Å². The molecule has 6 nitrogen and oxygen atoms in total. The molecule has 2 aliphatic rings. The van der Waals surface area contributed by atoms with Crippen LogP contribution >= 0.6 is 0 Å². The molecule has 0 amide bonds. The first-order chi connectivity index (χ1) is 9.90.